The van der Waals surface area contributed by atoms with Crippen LogP contribution in [0.2, 0.25) is 5.02 Å². The van der Waals surface area contributed by atoms with Gasteiger partial charge in [-0.25, -0.2) is 0 Å². The average Bonchev–Trinajstić information content (AvgIpc) is 1.77. The first-order valence-corrected chi connectivity index (χ1v) is 30.9. The van der Waals surface area contributed by atoms with Crippen LogP contribution in [-0.4, -0.2) is 0 Å². The molecule has 0 aliphatic carbocycles. The number of halogens is 1. The zero-order valence-corrected chi connectivity index (χ0v) is 50.6. The van der Waals surface area contributed by atoms with Crippen LogP contribution >= 0.6 is 11.6 Å². The van der Waals surface area contributed by atoms with Gasteiger partial charge >= 0.3 is 0 Å². The first-order valence-electron chi connectivity index (χ1n) is 30.5. The van der Waals surface area contributed by atoms with Crippen molar-refractivity contribution in [2.45, 2.75) is 6.92 Å². The number of hydrogen-bond acceptors (Lipinski definition) is 4. The van der Waals surface area contributed by atoms with E-state index in [9.17, 15) is 0 Å². The van der Waals surface area contributed by atoms with E-state index in [4.69, 9.17) is 11.6 Å². The Balaban J connectivity index is 0.694. The van der Waals surface area contributed by atoms with Crippen molar-refractivity contribution >= 4 is 79.8 Å². The van der Waals surface area contributed by atoms with Gasteiger partial charge in [0, 0.05) is 73.3 Å². The molecule has 0 aliphatic rings. The van der Waals surface area contributed by atoms with Crippen molar-refractivity contribution < 1.29 is 0 Å². The van der Waals surface area contributed by atoms with Crippen molar-refractivity contribution in [3.63, 3.8) is 0 Å². The maximum atomic E-state index is 6.48. The second kappa shape index (κ2) is 25.9. The molecule has 0 saturated carbocycles. The molecule has 0 fully saturated rings. The van der Waals surface area contributed by atoms with Gasteiger partial charge in [-0.05, 0) is 220 Å². The number of nitrogens with zero attached hydrogens (tertiary/aromatic N) is 4. The number of para-hydroxylation sites is 2. The van der Waals surface area contributed by atoms with E-state index >= 15 is 0 Å². The van der Waals surface area contributed by atoms with Gasteiger partial charge in [-0.2, -0.15) is 0 Å². The fourth-order valence-electron chi connectivity index (χ4n) is 11.9. The highest BCUT2D eigenvalue weighted by atomic mass is 35.5. The molecule has 0 spiro atoms. The van der Waals surface area contributed by atoms with E-state index in [2.05, 4.69) is 378 Å². The summed E-state index contributed by atoms with van der Waals surface area (Å²) in [5, 5.41) is 0.694. The van der Waals surface area contributed by atoms with Crippen molar-refractivity contribution in [2.24, 2.45) is 0 Å². The predicted octanol–water partition coefficient (Wildman–Crippen LogP) is 24.9. The Morgan fingerprint density at radius 3 is 0.500 bits per heavy atom. The molecule has 14 aromatic rings. The van der Waals surface area contributed by atoms with Crippen LogP contribution in [0.4, 0.5) is 68.2 Å². The largest absolute Gasteiger partial charge is 0.311 e. The van der Waals surface area contributed by atoms with E-state index in [0.717, 1.165) is 102 Å². The lowest BCUT2D eigenvalue weighted by Crippen LogP contribution is -2.10. The molecule has 0 aliphatic heterocycles. The summed E-state index contributed by atoms with van der Waals surface area (Å²) in [5.41, 5.74) is 25.7. The van der Waals surface area contributed by atoms with E-state index in [1.54, 1.807) is 0 Å². The molecule has 0 bridgehead atoms. The molecule has 0 N–H and O–H groups in total. The van der Waals surface area contributed by atoms with Gasteiger partial charge in [-0.1, -0.05) is 223 Å². The summed E-state index contributed by atoms with van der Waals surface area (Å²) in [6, 6.07) is 130. The molecule has 5 heteroatoms. The minimum Gasteiger partial charge on any atom is -0.311 e. The van der Waals surface area contributed by atoms with E-state index in [-0.39, 0.29) is 0 Å². The maximum absolute atomic E-state index is 6.48. The summed E-state index contributed by atoms with van der Waals surface area (Å²) in [5.74, 6) is 0. The van der Waals surface area contributed by atoms with Gasteiger partial charge < -0.3 is 19.6 Å². The molecule has 0 atom stereocenters. The first kappa shape index (κ1) is 56.4. The van der Waals surface area contributed by atoms with Crippen LogP contribution in [0, 0.1) is 6.92 Å². The van der Waals surface area contributed by atoms with E-state index in [1.807, 2.05) is 12.1 Å². The molecular weight excluding hydrogens is 1110 g/mol. The number of rotatable bonds is 17. The number of hydrogen-bond donors (Lipinski definition) is 0. The van der Waals surface area contributed by atoms with Gasteiger partial charge in [0.25, 0.3) is 0 Å². The second-order valence-corrected chi connectivity index (χ2v) is 22.9. The number of anilines is 12. The quantitative estimate of drug-likeness (QED) is 0.0901. The lowest BCUT2D eigenvalue weighted by atomic mass is 10.0. The van der Waals surface area contributed by atoms with Crippen molar-refractivity contribution in [3.05, 3.63) is 375 Å². The van der Waals surface area contributed by atoms with Crippen LogP contribution in [0.5, 0.6) is 0 Å². The van der Waals surface area contributed by atoms with Gasteiger partial charge in [-0.15, -0.1) is 0 Å². The highest BCUT2D eigenvalue weighted by Crippen LogP contribution is 2.43. The van der Waals surface area contributed by atoms with Crippen molar-refractivity contribution in [3.8, 4) is 55.6 Å². The third-order valence-electron chi connectivity index (χ3n) is 16.6. The Labute approximate surface area is 533 Å². The van der Waals surface area contributed by atoms with E-state index < -0.39 is 0 Å². The fraction of sp³-hybridized carbons (Fsp3) is 0.0118. The Bertz CT molecular complexity index is 4300. The van der Waals surface area contributed by atoms with E-state index in [0.29, 0.717) is 5.02 Å². The topological polar surface area (TPSA) is 13.0 Å². The standard InChI is InChI=1S/C85H63ClN4/c1-62-22-42-76(43-23-62)89(81-52-32-69(33-53-81)67-28-48-79(49-29-67)87(74-18-10-4-11-19-74)77-44-24-65(25-45-77)63-14-6-2-7-15-63)82-54-34-70(35-55-82)72-38-58-84(59-39-72)90(85-60-40-73(86)41-61-85)83-56-36-71(37-57-83)68-30-50-80(51-31-68)88(75-20-12-5-13-21-75)78-46-26-66(27-47-78)64-16-8-3-9-17-64/h2-61H,1H3. The zero-order chi connectivity index (χ0) is 60.6. The smallest absolute Gasteiger partial charge is 0.0462 e. The molecule has 430 valence electrons. The van der Waals surface area contributed by atoms with Crippen LogP contribution in [0.15, 0.2) is 364 Å². The molecule has 14 rings (SSSR count). The molecule has 90 heavy (non-hydrogen) atoms. The summed E-state index contributed by atoms with van der Waals surface area (Å²) < 4.78 is 0. The molecule has 0 saturated heterocycles. The highest BCUT2D eigenvalue weighted by Gasteiger charge is 2.19. The highest BCUT2D eigenvalue weighted by molar-refractivity contribution is 6.30. The van der Waals surface area contributed by atoms with Gasteiger partial charge in [0.1, 0.15) is 0 Å². The van der Waals surface area contributed by atoms with Gasteiger partial charge in [0.2, 0.25) is 0 Å². The lowest BCUT2D eigenvalue weighted by molar-refractivity contribution is 1.27. The summed E-state index contributed by atoms with van der Waals surface area (Å²) >= 11 is 6.48. The Kier molecular flexibility index (Phi) is 16.2. The molecule has 4 nitrogen and oxygen atoms in total. The van der Waals surface area contributed by atoms with Crippen LogP contribution in [-0.2, 0) is 0 Å². The Hall–Kier alpha value is -11.4. The second-order valence-electron chi connectivity index (χ2n) is 22.4. The normalized spacial score (nSPS) is 11.0. The molecule has 14 aromatic carbocycles. The number of benzene rings is 14. The predicted molar refractivity (Wildman–Crippen MR) is 382 cm³/mol. The number of aryl methyl sites for hydroxylation is 1. The lowest BCUT2D eigenvalue weighted by Gasteiger charge is -2.27. The third-order valence-corrected chi connectivity index (χ3v) is 16.9. The minimum atomic E-state index is 0.694. The summed E-state index contributed by atoms with van der Waals surface area (Å²) in [6.07, 6.45) is 0. The van der Waals surface area contributed by atoms with E-state index in [1.165, 1.54) is 27.8 Å². The van der Waals surface area contributed by atoms with Gasteiger partial charge in [-0.3, -0.25) is 0 Å². The van der Waals surface area contributed by atoms with Crippen molar-refractivity contribution in [1.29, 1.82) is 0 Å². The van der Waals surface area contributed by atoms with Crippen LogP contribution in [0.1, 0.15) is 5.56 Å². The van der Waals surface area contributed by atoms with Crippen molar-refractivity contribution in [1.82, 2.24) is 0 Å². The first-order chi connectivity index (χ1) is 44.4. The molecule has 0 radical (unpaired) electrons. The summed E-state index contributed by atoms with van der Waals surface area (Å²) in [4.78, 5) is 9.23. The molecule has 0 aromatic heterocycles. The van der Waals surface area contributed by atoms with Crippen LogP contribution in [0.3, 0.4) is 0 Å². The van der Waals surface area contributed by atoms with Crippen molar-refractivity contribution in [2.75, 3.05) is 19.6 Å². The minimum absolute atomic E-state index is 0.694. The monoisotopic (exact) mass is 1170 g/mol. The molecule has 0 heterocycles. The average molecular weight is 1180 g/mol. The summed E-state index contributed by atoms with van der Waals surface area (Å²) in [7, 11) is 0. The fourth-order valence-corrected chi connectivity index (χ4v) is 12.0. The van der Waals surface area contributed by atoms with Crippen LogP contribution < -0.4 is 19.6 Å². The maximum Gasteiger partial charge on any atom is 0.0462 e. The summed E-state index contributed by atoms with van der Waals surface area (Å²) in [6.45, 7) is 2.13. The Morgan fingerprint density at radius 1 is 0.156 bits per heavy atom. The molecule has 0 amide bonds. The Morgan fingerprint density at radius 2 is 0.300 bits per heavy atom. The zero-order valence-electron chi connectivity index (χ0n) is 49.8. The third kappa shape index (κ3) is 12.3. The van der Waals surface area contributed by atoms with Crippen LogP contribution in [0.25, 0.3) is 55.6 Å². The SMILES string of the molecule is Cc1ccc(N(c2ccc(-c3ccc(N(c4ccccc4)c4ccc(-c5ccccc5)cc4)cc3)cc2)c2ccc(-c3ccc(N(c4ccc(Cl)cc4)c4ccc(-c5ccc(N(c6ccccc6)c6ccc(-c7ccccc7)cc6)cc5)cc4)cc3)cc2)cc1. The van der Waals surface area contributed by atoms with Gasteiger partial charge in [0.05, 0.1) is 0 Å². The van der Waals surface area contributed by atoms with Gasteiger partial charge in [0.15, 0.2) is 0 Å². The molecular formula is C85H63ClN4. The molecule has 0 unspecified atom stereocenters.